The monoisotopic (exact) mass is 256 g/mol. The lowest BCUT2D eigenvalue weighted by atomic mass is 10.2. The van der Waals surface area contributed by atoms with Crippen LogP contribution in [0.2, 0.25) is 0 Å². The molecule has 0 N–H and O–H groups in total. The molecule has 1 aromatic rings. The first-order chi connectivity index (χ1) is 7.44. The van der Waals surface area contributed by atoms with Gasteiger partial charge in [-0.2, -0.15) is 0 Å². The van der Waals surface area contributed by atoms with Gasteiger partial charge < -0.3 is 4.74 Å². The van der Waals surface area contributed by atoms with Gasteiger partial charge in [0.05, 0.1) is 12.7 Å². The van der Waals surface area contributed by atoms with E-state index >= 15 is 0 Å². The highest BCUT2D eigenvalue weighted by Gasteiger charge is 2.16. The maximum absolute atomic E-state index is 11.5. The molecule has 88 valence electrons. The third kappa shape index (κ3) is 4.10. The fourth-order valence-corrected chi connectivity index (χ4v) is 3.16. The van der Waals surface area contributed by atoms with E-state index in [1.54, 1.807) is 27.7 Å². The molecule has 0 amide bonds. The molecule has 4 heteroatoms. The van der Waals surface area contributed by atoms with Gasteiger partial charge in [0.15, 0.2) is 0 Å². The van der Waals surface area contributed by atoms with Crippen molar-refractivity contribution >= 4 is 27.6 Å². The van der Waals surface area contributed by atoms with Crippen LogP contribution in [0.15, 0.2) is 29.2 Å². The van der Waals surface area contributed by atoms with Gasteiger partial charge in [0.1, 0.15) is 0 Å². The molecule has 2 nitrogen and oxygen atoms in total. The summed E-state index contributed by atoms with van der Waals surface area (Å²) in [6, 6.07) is 7.50. The summed E-state index contributed by atoms with van der Waals surface area (Å²) in [5.41, 5.74) is 0.631. The number of hydrogen-bond acceptors (Lipinski definition) is 4. The summed E-state index contributed by atoms with van der Waals surface area (Å²) in [4.78, 5) is 12.5. The van der Waals surface area contributed by atoms with Crippen LogP contribution in [-0.4, -0.2) is 17.8 Å². The second-order valence-electron chi connectivity index (χ2n) is 4.27. The van der Waals surface area contributed by atoms with Crippen molar-refractivity contribution in [2.24, 2.45) is 0 Å². The van der Waals surface area contributed by atoms with Crippen molar-refractivity contribution in [3.8, 4) is 0 Å². The SMILES string of the molecule is COC(=O)c1ccccc1SSC(C)(C)C. The van der Waals surface area contributed by atoms with Crippen molar-refractivity contribution in [2.45, 2.75) is 30.4 Å². The molecule has 0 aliphatic rings. The Labute approximate surface area is 105 Å². The van der Waals surface area contributed by atoms with E-state index in [0.717, 1.165) is 4.90 Å². The number of carbonyl (C=O) groups excluding carboxylic acids is 1. The quantitative estimate of drug-likeness (QED) is 0.603. The Morgan fingerprint density at radius 1 is 1.25 bits per heavy atom. The summed E-state index contributed by atoms with van der Waals surface area (Å²) in [5.74, 6) is -0.280. The van der Waals surface area contributed by atoms with E-state index in [4.69, 9.17) is 4.74 Å². The Bertz CT molecular complexity index is 370. The Morgan fingerprint density at radius 3 is 2.44 bits per heavy atom. The Hall–Kier alpha value is -0.610. The lowest BCUT2D eigenvalue weighted by molar-refractivity contribution is 0.0597. The lowest BCUT2D eigenvalue weighted by Gasteiger charge is -2.17. The maximum Gasteiger partial charge on any atom is 0.339 e. The zero-order valence-corrected chi connectivity index (χ0v) is 11.6. The highest BCUT2D eigenvalue weighted by Crippen LogP contribution is 2.41. The van der Waals surface area contributed by atoms with Crippen LogP contribution in [0.25, 0.3) is 0 Å². The summed E-state index contributed by atoms with van der Waals surface area (Å²) in [7, 11) is 4.75. The average Bonchev–Trinajstić information content (AvgIpc) is 2.25. The molecule has 0 heterocycles. The van der Waals surface area contributed by atoms with Crippen molar-refractivity contribution < 1.29 is 9.53 Å². The highest BCUT2D eigenvalue weighted by atomic mass is 33.1. The summed E-state index contributed by atoms with van der Waals surface area (Å²) in [5, 5.41) is 0. The Balaban J connectivity index is 2.83. The predicted octanol–water partition coefficient (Wildman–Crippen LogP) is 4.01. The van der Waals surface area contributed by atoms with Gasteiger partial charge in [0, 0.05) is 9.64 Å². The van der Waals surface area contributed by atoms with Gasteiger partial charge in [0.25, 0.3) is 0 Å². The molecule has 0 fully saturated rings. The highest BCUT2D eigenvalue weighted by molar-refractivity contribution is 8.77. The molecule has 0 aromatic heterocycles. The molecule has 0 unspecified atom stereocenters. The maximum atomic E-state index is 11.5. The first kappa shape index (κ1) is 13.5. The largest absolute Gasteiger partial charge is 0.465 e. The van der Waals surface area contributed by atoms with Gasteiger partial charge in [-0.15, -0.1) is 0 Å². The zero-order chi connectivity index (χ0) is 12.2. The molecule has 1 aromatic carbocycles. The fourth-order valence-electron chi connectivity index (χ4n) is 0.988. The molecule has 1 rings (SSSR count). The minimum atomic E-state index is -0.280. The van der Waals surface area contributed by atoms with E-state index in [2.05, 4.69) is 20.8 Å². The second kappa shape index (κ2) is 5.64. The molecule has 0 saturated heterocycles. The molecule has 0 saturated carbocycles. The third-order valence-corrected chi connectivity index (χ3v) is 5.08. The normalized spacial score (nSPS) is 11.2. The molecule has 0 aliphatic heterocycles. The van der Waals surface area contributed by atoms with Crippen LogP contribution in [0.3, 0.4) is 0 Å². The van der Waals surface area contributed by atoms with Crippen LogP contribution in [-0.2, 0) is 4.74 Å². The average molecular weight is 256 g/mol. The van der Waals surface area contributed by atoms with Crippen LogP contribution in [0.4, 0.5) is 0 Å². The number of esters is 1. The molecular formula is C12H16O2S2. The summed E-state index contributed by atoms with van der Waals surface area (Å²) >= 11 is 0. The summed E-state index contributed by atoms with van der Waals surface area (Å²) in [6.07, 6.45) is 0. The first-order valence-electron chi connectivity index (χ1n) is 4.97. The lowest BCUT2D eigenvalue weighted by Crippen LogP contribution is -2.06. The minimum absolute atomic E-state index is 0.161. The fraction of sp³-hybridized carbons (Fsp3) is 0.417. The van der Waals surface area contributed by atoms with Gasteiger partial charge in [-0.3, -0.25) is 0 Å². The van der Waals surface area contributed by atoms with E-state index < -0.39 is 0 Å². The van der Waals surface area contributed by atoms with E-state index in [0.29, 0.717) is 5.56 Å². The summed E-state index contributed by atoms with van der Waals surface area (Å²) < 4.78 is 4.91. The zero-order valence-electron chi connectivity index (χ0n) is 9.94. The number of ether oxygens (including phenoxy) is 1. The van der Waals surface area contributed by atoms with Gasteiger partial charge in [-0.1, -0.05) is 54.5 Å². The van der Waals surface area contributed by atoms with E-state index in [1.807, 2.05) is 18.2 Å². The van der Waals surface area contributed by atoms with Crippen LogP contribution in [0, 0.1) is 0 Å². The van der Waals surface area contributed by atoms with Crippen LogP contribution in [0.1, 0.15) is 31.1 Å². The number of rotatable bonds is 3. The molecule has 0 radical (unpaired) electrons. The molecule has 0 spiro atoms. The first-order valence-corrected chi connectivity index (χ1v) is 7.12. The topological polar surface area (TPSA) is 26.3 Å². The van der Waals surface area contributed by atoms with Gasteiger partial charge in [-0.05, 0) is 12.1 Å². The molecule has 0 aliphatic carbocycles. The molecule has 0 atom stereocenters. The molecule has 16 heavy (non-hydrogen) atoms. The van der Waals surface area contributed by atoms with Gasteiger partial charge in [-0.25, -0.2) is 4.79 Å². The number of methoxy groups -OCH3 is 1. The van der Waals surface area contributed by atoms with Crippen molar-refractivity contribution in [2.75, 3.05) is 7.11 Å². The van der Waals surface area contributed by atoms with Crippen LogP contribution < -0.4 is 0 Å². The minimum Gasteiger partial charge on any atom is -0.465 e. The standard InChI is InChI=1S/C12H16O2S2/c1-12(2,3)16-15-10-8-6-5-7-9(10)11(13)14-4/h5-8H,1-4H3. The Morgan fingerprint density at radius 2 is 1.88 bits per heavy atom. The van der Waals surface area contributed by atoms with Crippen molar-refractivity contribution in [1.29, 1.82) is 0 Å². The van der Waals surface area contributed by atoms with Gasteiger partial charge in [0.2, 0.25) is 0 Å². The molecular weight excluding hydrogens is 240 g/mol. The van der Waals surface area contributed by atoms with Crippen molar-refractivity contribution in [3.05, 3.63) is 29.8 Å². The van der Waals surface area contributed by atoms with Crippen LogP contribution >= 0.6 is 21.6 Å². The number of hydrogen-bond donors (Lipinski definition) is 0. The summed E-state index contributed by atoms with van der Waals surface area (Å²) in [6.45, 7) is 6.43. The second-order valence-corrected chi connectivity index (χ2v) is 7.26. The van der Waals surface area contributed by atoms with Crippen molar-refractivity contribution in [1.82, 2.24) is 0 Å². The number of carbonyl (C=O) groups is 1. The third-order valence-electron chi connectivity index (χ3n) is 1.67. The molecule has 0 bridgehead atoms. The predicted molar refractivity (Wildman–Crippen MR) is 71.0 cm³/mol. The smallest absolute Gasteiger partial charge is 0.339 e. The van der Waals surface area contributed by atoms with Crippen molar-refractivity contribution in [3.63, 3.8) is 0 Å². The Kier molecular flexibility index (Phi) is 4.74. The van der Waals surface area contributed by atoms with E-state index in [9.17, 15) is 4.79 Å². The number of benzene rings is 1. The van der Waals surface area contributed by atoms with Crippen LogP contribution in [0.5, 0.6) is 0 Å². The van der Waals surface area contributed by atoms with Gasteiger partial charge >= 0.3 is 5.97 Å². The van der Waals surface area contributed by atoms with E-state index in [1.165, 1.54) is 7.11 Å². The van der Waals surface area contributed by atoms with E-state index in [-0.39, 0.29) is 10.7 Å².